The van der Waals surface area contributed by atoms with Crippen LogP contribution in [0, 0.1) is 0 Å². The third kappa shape index (κ3) is 3.78. The number of amides is 2. The molecule has 0 bridgehead atoms. The van der Waals surface area contributed by atoms with Crippen LogP contribution in [0.4, 0.5) is 9.93 Å². The Labute approximate surface area is 169 Å². The Morgan fingerprint density at radius 1 is 1.14 bits per heavy atom. The van der Waals surface area contributed by atoms with Crippen LogP contribution in [0.5, 0.6) is 0 Å². The van der Waals surface area contributed by atoms with Gasteiger partial charge in [0.1, 0.15) is 0 Å². The lowest BCUT2D eigenvalue weighted by molar-refractivity contribution is 0.252. The van der Waals surface area contributed by atoms with Gasteiger partial charge < -0.3 is 5.32 Å². The molecule has 0 saturated heterocycles. The minimum absolute atomic E-state index is 0.192. The van der Waals surface area contributed by atoms with Crippen molar-refractivity contribution in [1.29, 1.82) is 0 Å². The summed E-state index contributed by atoms with van der Waals surface area (Å²) in [6, 6.07) is 9.41. The SMILES string of the molecule is CCNC(=O)Nc1nc2cc(-c3cnc(Cl)nc3)cc(-c3ccccn3)c2s1. The Kier molecular flexibility index (Phi) is 5.14. The highest BCUT2D eigenvalue weighted by Crippen LogP contribution is 2.37. The van der Waals surface area contributed by atoms with Gasteiger partial charge >= 0.3 is 6.03 Å². The molecule has 28 heavy (non-hydrogen) atoms. The molecule has 2 N–H and O–H groups in total. The van der Waals surface area contributed by atoms with Crippen LogP contribution in [0.15, 0.2) is 48.9 Å². The Balaban J connectivity index is 1.86. The third-order valence-corrected chi connectivity index (χ3v) is 5.16. The molecule has 0 spiro atoms. The number of nitrogens with zero attached hydrogens (tertiary/aromatic N) is 4. The minimum atomic E-state index is -0.285. The predicted molar refractivity (Wildman–Crippen MR) is 112 cm³/mol. The van der Waals surface area contributed by atoms with Crippen LogP contribution in [0.25, 0.3) is 32.6 Å². The van der Waals surface area contributed by atoms with Gasteiger partial charge in [-0.1, -0.05) is 17.4 Å². The standard InChI is InChI=1S/C19H15ClN6OS/c1-2-21-18(27)26-19-25-15-8-11(12-9-23-17(20)24-10-12)7-13(16(15)28-19)14-5-3-4-6-22-14/h3-10H,2H2,1H3,(H2,21,25,26,27). The van der Waals surface area contributed by atoms with E-state index in [9.17, 15) is 4.79 Å². The van der Waals surface area contributed by atoms with Crippen molar-refractivity contribution in [1.82, 2.24) is 25.3 Å². The van der Waals surface area contributed by atoms with Crippen LogP contribution in [0.2, 0.25) is 5.28 Å². The number of hydrogen-bond donors (Lipinski definition) is 2. The molecule has 0 unspecified atom stereocenters. The van der Waals surface area contributed by atoms with Crippen molar-refractivity contribution in [3.05, 3.63) is 54.2 Å². The molecule has 3 heterocycles. The molecule has 4 rings (SSSR count). The maximum atomic E-state index is 11.9. The number of carbonyl (C=O) groups is 1. The zero-order valence-electron chi connectivity index (χ0n) is 14.8. The molecule has 9 heteroatoms. The van der Waals surface area contributed by atoms with E-state index >= 15 is 0 Å². The second kappa shape index (κ2) is 7.87. The second-order valence-corrected chi connectivity index (χ2v) is 7.17. The van der Waals surface area contributed by atoms with Gasteiger partial charge in [0.2, 0.25) is 5.28 Å². The number of fused-ring (bicyclic) bond motifs is 1. The van der Waals surface area contributed by atoms with E-state index in [0.29, 0.717) is 11.7 Å². The van der Waals surface area contributed by atoms with Crippen LogP contribution in [0.1, 0.15) is 6.92 Å². The van der Waals surface area contributed by atoms with Crippen molar-refractivity contribution in [3.63, 3.8) is 0 Å². The van der Waals surface area contributed by atoms with Gasteiger partial charge in [-0.25, -0.2) is 19.7 Å². The van der Waals surface area contributed by atoms with E-state index in [4.69, 9.17) is 11.6 Å². The summed E-state index contributed by atoms with van der Waals surface area (Å²) in [5.74, 6) is 0. The van der Waals surface area contributed by atoms with Crippen LogP contribution < -0.4 is 10.6 Å². The van der Waals surface area contributed by atoms with E-state index in [0.717, 1.165) is 32.6 Å². The van der Waals surface area contributed by atoms with Crippen LogP contribution >= 0.6 is 22.9 Å². The zero-order chi connectivity index (χ0) is 19.5. The molecule has 0 aliphatic heterocycles. The Morgan fingerprint density at radius 2 is 1.96 bits per heavy atom. The number of rotatable bonds is 4. The van der Waals surface area contributed by atoms with Crippen molar-refractivity contribution in [2.75, 3.05) is 11.9 Å². The lowest BCUT2D eigenvalue weighted by Crippen LogP contribution is -2.28. The zero-order valence-corrected chi connectivity index (χ0v) is 16.4. The lowest BCUT2D eigenvalue weighted by atomic mass is 10.0. The molecule has 7 nitrogen and oxygen atoms in total. The molecule has 0 radical (unpaired) electrons. The molecule has 1 aromatic carbocycles. The number of carbonyl (C=O) groups excluding carboxylic acids is 1. The molecule has 0 fully saturated rings. The van der Waals surface area contributed by atoms with Gasteiger partial charge in [0.25, 0.3) is 0 Å². The minimum Gasteiger partial charge on any atom is -0.338 e. The monoisotopic (exact) mass is 410 g/mol. The molecule has 0 atom stereocenters. The maximum absolute atomic E-state index is 11.9. The molecule has 4 aromatic rings. The molecule has 140 valence electrons. The van der Waals surface area contributed by atoms with Crippen LogP contribution in [-0.2, 0) is 0 Å². The first-order valence-electron chi connectivity index (χ1n) is 8.53. The fourth-order valence-electron chi connectivity index (χ4n) is 2.73. The van der Waals surface area contributed by atoms with Crippen molar-refractivity contribution < 1.29 is 4.79 Å². The maximum Gasteiger partial charge on any atom is 0.321 e. The summed E-state index contributed by atoms with van der Waals surface area (Å²) in [6.45, 7) is 2.40. The first-order valence-corrected chi connectivity index (χ1v) is 9.72. The Morgan fingerprint density at radius 3 is 2.68 bits per heavy atom. The van der Waals surface area contributed by atoms with Gasteiger partial charge in [-0.05, 0) is 48.4 Å². The summed E-state index contributed by atoms with van der Waals surface area (Å²) < 4.78 is 0.934. The van der Waals surface area contributed by atoms with Crippen molar-refractivity contribution in [3.8, 4) is 22.4 Å². The fraction of sp³-hybridized carbons (Fsp3) is 0.105. The molecule has 2 amide bonds. The van der Waals surface area contributed by atoms with E-state index < -0.39 is 0 Å². The molecule has 0 aliphatic carbocycles. The molecular formula is C19H15ClN6OS. The molecule has 0 saturated carbocycles. The van der Waals surface area contributed by atoms with E-state index in [1.807, 2.05) is 37.3 Å². The number of nitrogens with one attached hydrogen (secondary N) is 2. The first-order chi connectivity index (χ1) is 13.6. The van der Waals surface area contributed by atoms with Crippen LogP contribution in [0.3, 0.4) is 0 Å². The largest absolute Gasteiger partial charge is 0.338 e. The highest BCUT2D eigenvalue weighted by molar-refractivity contribution is 7.22. The predicted octanol–water partition coefficient (Wildman–Crippen LogP) is 4.61. The first kappa shape index (κ1) is 18.3. The van der Waals surface area contributed by atoms with Gasteiger partial charge in [-0.3, -0.25) is 10.3 Å². The summed E-state index contributed by atoms with van der Waals surface area (Å²) in [5.41, 5.74) is 4.20. The Hall–Kier alpha value is -3.10. The van der Waals surface area contributed by atoms with Gasteiger partial charge in [-0.15, -0.1) is 0 Å². The summed E-state index contributed by atoms with van der Waals surface area (Å²) >= 11 is 7.21. The highest BCUT2D eigenvalue weighted by atomic mass is 35.5. The van der Waals surface area contributed by atoms with Crippen LogP contribution in [-0.4, -0.2) is 32.5 Å². The summed E-state index contributed by atoms with van der Waals surface area (Å²) in [4.78, 5) is 29.0. The van der Waals surface area contributed by atoms with Crippen molar-refractivity contribution in [2.45, 2.75) is 6.92 Å². The number of hydrogen-bond acceptors (Lipinski definition) is 6. The van der Waals surface area contributed by atoms with Gasteiger partial charge in [0.15, 0.2) is 5.13 Å². The van der Waals surface area contributed by atoms with E-state index in [1.54, 1.807) is 18.6 Å². The summed E-state index contributed by atoms with van der Waals surface area (Å²) in [7, 11) is 0. The van der Waals surface area contributed by atoms with Gasteiger partial charge in [0, 0.05) is 36.3 Å². The lowest BCUT2D eigenvalue weighted by Gasteiger charge is -2.06. The fourth-order valence-corrected chi connectivity index (χ4v) is 3.79. The van der Waals surface area contributed by atoms with E-state index in [1.165, 1.54) is 11.3 Å². The second-order valence-electron chi connectivity index (χ2n) is 5.83. The van der Waals surface area contributed by atoms with Gasteiger partial charge in [0.05, 0.1) is 15.9 Å². The summed E-state index contributed by atoms with van der Waals surface area (Å²) in [6.07, 6.45) is 5.08. The number of halogens is 1. The van der Waals surface area contributed by atoms with Crippen molar-refractivity contribution in [2.24, 2.45) is 0 Å². The molecule has 3 aromatic heterocycles. The summed E-state index contributed by atoms with van der Waals surface area (Å²) in [5, 5.41) is 6.18. The smallest absolute Gasteiger partial charge is 0.321 e. The number of aromatic nitrogens is 4. The Bertz CT molecular complexity index is 1130. The topological polar surface area (TPSA) is 92.7 Å². The third-order valence-electron chi connectivity index (χ3n) is 3.94. The average molecular weight is 411 g/mol. The molecular weight excluding hydrogens is 396 g/mol. The number of thiazole rings is 1. The van der Waals surface area contributed by atoms with E-state index in [2.05, 4.69) is 30.6 Å². The highest BCUT2D eigenvalue weighted by Gasteiger charge is 2.15. The number of urea groups is 1. The molecule has 0 aliphatic rings. The quantitative estimate of drug-likeness (QED) is 0.479. The number of anilines is 1. The average Bonchev–Trinajstić information content (AvgIpc) is 3.10. The van der Waals surface area contributed by atoms with E-state index in [-0.39, 0.29) is 11.3 Å². The number of pyridine rings is 1. The van der Waals surface area contributed by atoms with Gasteiger partial charge in [-0.2, -0.15) is 0 Å². The normalized spacial score (nSPS) is 10.8. The van der Waals surface area contributed by atoms with Crippen molar-refractivity contribution >= 4 is 44.3 Å². The number of benzene rings is 1.